The highest BCUT2D eigenvalue weighted by Crippen LogP contribution is 2.40. The molecule has 1 saturated carbocycles. The standard InChI is InChI=1S/C28H35ClFN3O4S/c1-20-17-31(18-21-9-10-21)15-16-32(20)28(34)37-19-23-5-4-8-27(25-6-2-3-7-26(25)30)33(23)38(35,36)24-13-11-22(29)12-14-24/h2-3,6-7,11-14,20-21,23,27H,4-5,8-10,15-19H2,1H3/t20-,23+,27-/m0/s1. The van der Waals surface area contributed by atoms with Gasteiger partial charge < -0.3 is 9.64 Å². The van der Waals surface area contributed by atoms with Crippen molar-refractivity contribution in [2.75, 3.05) is 32.8 Å². The maximum Gasteiger partial charge on any atom is 0.410 e. The van der Waals surface area contributed by atoms with Gasteiger partial charge in [0.1, 0.15) is 12.4 Å². The molecule has 1 aliphatic carbocycles. The molecular weight excluding hydrogens is 529 g/mol. The Labute approximate surface area is 229 Å². The van der Waals surface area contributed by atoms with Crippen LogP contribution in [0.25, 0.3) is 0 Å². The van der Waals surface area contributed by atoms with Gasteiger partial charge in [-0.3, -0.25) is 4.90 Å². The number of hydrogen-bond donors (Lipinski definition) is 0. The third kappa shape index (κ3) is 6.01. The Bertz CT molecular complexity index is 1240. The van der Waals surface area contributed by atoms with Crippen LogP contribution in [0.5, 0.6) is 0 Å². The fourth-order valence-electron chi connectivity index (χ4n) is 5.73. The second-order valence-electron chi connectivity index (χ2n) is 10.7. The van der Waals surface area contributed by atoms with Crippen molar-refractivity contribution in [3.05, 3.63) is 64.9 Å². The zero-order chi connectivity index (χ0) is 26.9. The molecule has 2 aliphatic heterocycles. The van der Waals surface area contributed by atoms with E-state index in [0.29, 0.717) is 36.4 Å². The van der Waals surface area contributed by atoms with E-state index in [0.717, 1.165) is 25.6 Å². The molecule has 3 atom stereocenters. The first kappa shape index (κ1) is 27.4. The van der Waals surface area contributed by atoms with Crippen molar-refractivity contribution in [3.63, 3.8) is 0 Å². The number of nitrogens with zero attached hydrogens (tertiary/aromatic N) is 3. The van der Waals surface area contributed by atoms with Crippen LogP contribution in [0.15, 0.2) is 53.4 Å². The van der Waals surface area contributed by atoms with E-state index in [1.165, 1.54) is 47.5 Å². The van der Waals surface area contributed by atoms with Gasteiger partial charge in [0.05, 0.1) is 17.0 Å². The predicted molar refractivity (Wildman–Crippen MR) is 144 cm³/mol. The summed E-state index contributed by atoms with van der Waals surface area (Å²) in [6.07, 6.45) is 3.82. The van der Waals surface area contributed by atoms with Gasteiger partial charge in [0, 0.05) is 42.8 Å². The van der Waals surface area contributed by atoms with Crippen LogP contribution in [-0.2, 0) is 14.8 Å². The van der Waals surface area contributed by atoms with E-state index in [1.54, 1.807) is 23.1 Å². The number of amides is 1. The van der Waals surface area contributed by atoms with Crippen LogP contribution in [0, 0.1) is 11.7 Å². The Kier molecular flexibility index (Phi) is 8.28. The van der Waals surface area contributed by atoms with Crippen LogP contribution in [0.2, 0.25) is 5.02 Å². The van der Waals surface area contributed by atoms with E-state index < -0.39 is 34.0 Å². The van der Waals surface area contributed by atoms with E-state index in [4.69, 9.17) is 16.3 Å². The van der Waals surface area contributed by atoms with Gasteiger partial charge in [-0.1, -0.05) is 29.8 Å². The maximum atomic E-state index is 14.9. The number of piperazine rings is 1. The topological polar surface area (TPSA) is 70.2 Å². The number of sulfonamides is 1. The number of hydrogen-bond acceptors (Lipinski definition) is 5. The predicted octanol–water partition coefficient (Wildman–Crippen LogP) is 5.32. The molecule has 38 heavy (non-hydrogen) atoms. The first-order valence-electron chi connectivity index (χ1n) is 13.4. The highest BCUT2D eigenvalue weighted by atomic mass is 35.5. The summed E-state index contributed by atoms with van der Waals surface area (Å²) in [6.45, 7) is 5.22. The minimum absolute atomic E-state index is 0.0152. The van der Waals surface area contributed by atoms with Crippen LogP contribution in [-0.4, -0.2) is 73.5 Å². The first-order chi connectivity index (χ1) is 18.2. The van der Waals surface area contributed by atoms with Crippen molar-refractivity contribution in [3.8, 4) is 0 Å². The molecule has 2 saturated heterocycles. The highest BCUT2D eigenvalue weighted by molar-refractivity contribution is 7.89. The lowest BCUT2D eigenvalue weighted by Gasteiger charge is -2.42. The molecule has 0 bridgehead atoms. The fourth-order valence-corrected chi connectivity index (χ4v) is 7.69. The molecule has 3 fully saturated rings. The van der Waals surface area contributed by atoms with Crippen molar-refractivity contribution in [2.45, 2.75) is 62.0 Å². The van der Waals surface area contributed by atoms with Gasteiger partial charge in [0.15, 0.2) is 0 Å². The Morgan fingerprint density at radius 3 is 2.47 bits per heavy atom. The van der Waals surface area contributed by atoms with E-state index in [-0.39, 0.29) is 17.5 Å². The molecule has 2 heterocycles. The second-order valence-corrected chi connectivity index (χ2v) is 13.0. The normalized spacial score (nSPS) is 25.3. The third-order valence-corrected chi connectivity index (χ3v) is 10.1. The molecule has 1 amide bonds. The summed E-state index contributed by atoms with van der Waals surface area (Å²) < 4.78 is 49.9. The lowest BCUT2D eigenvalue weighted by atomic mass is 9.93. The number of rotatable bonds is 7. The lowest BCUT2D eigenvalue weighted by molar-refractivity contribution is 0.0315. The van der Waals surface area contributed by atoms with Gasteiger partial charge in [-0.15, -0.1) is 0 Å². The zero-order valence-electron chi connectivity index (χ0n) is 21.6. The summed E-state index contributed by atoms with van der Waals surface area (Å²) in [5.41, 5.74) is 0.321. The SMILES string of the molecule is C[C@H]1CN(CC2CC2)CCN1C(=O)OC[C@H]1CCC[C@@H](c2ccccc2F)N1S(=O)(=O)c1ccc(Cl)cc1. The van der Waals surface area contributed by atoms with Gasteiger partial charge in [0.25, 0.3) is 0 Å². The number of ether oxygens (including phenoxy) is 1. The maximum absolute atomic E-state index is 14.9. The van der Waals surface area contributed by atoms with E-state index in [9.17, 15) is 17.6 Å². The largest absolute Gasteiger partial charge is 0.448 e. The third-order valence-electron chi connectivity index (χ3n) is 7.89. The zero-order valence-corrected chi connectivity index (χ0v) is 23.2. The Hall–Kier alpha value is -2.20. The van der Waals surface area contributed by atoms with E-state index in [2.05, 4.69) is 4.90 Å². The van der Waals surface area contributed by atoms with Crippen molar-refractivity contribution >= 4 is 27.7 Å². The summed E-state index contributed by atoms with van der Waals surface area (Å²) >= 11 is 6.01. The minimum Gasteiger partial charge on any atom is -0.448 e. The summed E-state index contributed by atoms with van der Waals surface area (Å²) in [6, 6.07) is 10.9. The molecule has 0 spiro atoms. The molecule has 10 heteroatoms. The van der Waals surface area contributed by atoms with Crippen molar-refractivity contribution in [1.29, 1.82) is 0 Å². The molecule has 2 aromatic rings. The lowest BCUT2D eigenvalue weighted by Crippen LogP contribution is -2.55. The van der Waals surface area contributed by atoms with E-state index in [1.807, 2.05) is 6.92 Å². The number of piperidine rings is 1. The number of benzene rings is 2. The van der Waals surface area contributed by atoms with Gasteiger partial charge in [0.2, 0.25) is 10.0 Å². The average Bonchev–Trinajstić information content (AvgIpc) is 3.71. The fraction of sp³-hybridized carbons (Fsp3) is 0.536. The van der Waals surface area contributed by atoms with Crippen LogP contribution < -0.4 is 0 Å². The molecule has 5 rings (SSSR count). The molecule has 0 N–H and O–H groups in total. The van der Waals surface area contributed by atoms with Gasteiger partial charge in [-0.25, -0.2) is 17.6 Å². The second kappa shape index (κ2) is 11.5. The van der Waals surface area contributed by atoms with Crippen molar-refractivity contribution < 1.29 is 22.3 Å². The number of halogens is 2. The summed E-state index contributed by atoms with van der Waals surface area (Å²) in [5.74, 6) is 0.340. The van der Waals surface area contributed by atoms with Gasteiger partial charge in [-0.05, 0) is 75.3 Å². The molecule has 206 valence electrons. The van der Waals surface area contributed by atoms with Gasteiger partial charge in [-0.2, -0.15) is 4.31 Å². The smallest absolute Gasteiger partial charge is 0.410 e. The Morgan fingerprint density at radius 1 is 1.05 bits per heavy atom. The molecule has 0 unspecified atom stereocenters. The summed E-state index contributed by atoms with van der Waals surface area (Å²) in [5, 5.41) is 0.421. The monoisotopic (exact) mass is 563 g/mol. The molecule has 3 aliphatic rings. The number of carbonyl (C=O) groups excluding carboxylic acids is 1. The first-order valence-corrected chi connectivity index (χ1v) is 15.2. The Balaban J connectivity index is 1.34. The van der Waals surface area contributed by atoms with Crippen LogP contribution in [0.3, 0.4) is 0 Å². The molecule has 2 aromatic carbocycles. The number of carbonyl (C=O) groups is 1. The van der Waals surface area contributed by atoms with Crippen LogP contribution in [0.1, 0.15) is 50.6 Å². The molecular formula is C28H35ClFN3O4S. The minimum atomic E-state index is -4.04. The van der Waals surface area contributed by atoms with Gasteiger partial charge >= 0.3 is 6.09 Å². The van der Waals surface area contributed by atoms with Crippen molar-refractivity contribution in [2.24, 2.45) is 5.92 Å². The summed E-state index contributed by atoms with van der Waals surface area (Å²) in [4.78, 5) is 17.3. The average molecular weight is 564 g/mol. The van der Waals surface area contributed by atoms with E-state index >= 15 is 0 Å². The molecule has 0 aromatic heterocycles. The summed E-state index contributed by atoms with van der Waals surface area (Å²) in [7, 11) is -4.04. The Morgan fingerprint density at radius 2 is 1.79 bits per heavy atom. The van der Waals surface area contributed by atoms with Crippen molar-refractivity contribution in [1.82, 2.24) is 14.1 Å². The molecule has 7 nitrogen and oxygen atoms in total. The quantitative estimate of drug-likeness (QED) is 0.456. The van der Waals surface area contributed by atoms with Crippen LogP contribution in [0.4, 0.5) is 9.18 Å². The van der Waals surface area contributed by atoms with Crippen LogP contribution >= 0.6 is 11.6 Å². The molecule has 0 radical (unpaired) electrons. The highest BCUT2D eigenvalue weighted by Gasteiger charge is 2.42.